The second-order valence-electron chi connectivity index (χ2n) is 5.91. The molecule has 5 heteroatoms. The second-order valence-corrected chi connectivity index (χ2v) is 6.90. The van der Waals surface area contributed by atoms with Gasteiger partial charge in [0.2, 0.25) is 5.43 Å². The minimum Gasteiger partial charge on any atom is -0.465 e. The van der Waals surface area contributed by atoms with Gasteiger partial charge in [-0.25, -0.2) is 4.79 Å². The number of H-pyrrole nitrogens is 1. The maximum atomic E-state index is 12.7. The number of aromatic amines is 1. The molecule has 0 radical (unpaired) electrons. The highest BCUT2D eigenvalue weighted by molar-refractivity contribution is 7.98. The summed E-state index contributed by atoms with van der Waals surface area (Å²) in [6.07, 6.45) is 0. The third-order valence-corrected chi connectivity index (χ3v) is 5.19. The van der Waals surface area contributed by atoms with Gasteiger partial charge in [-0.2, -0.15) is 0 Å². The van der Waals surface area contributed by atoms with E-state index in [-0.39, 0.29) is 11.0 Å². The van der Waals surface area contributed by atoms with Crippen molar-refractivity contribution in [3.63, 3.8) is 0 Å². The lowest BCUT2D eigenvalue weighted by atomic mass is 10.1. The number of rotatable bonds is 4. The zero-order chi connectivity index (χ0) is 18.0. The van der Waals surface area contributed by atoms with Gasteiger partial charge in [0.05, 0.1) is 17.7 Å². The van der Waals surface area contributed by atoms with Crippen LogP contribution >= 0.6 is 11.8 Å². The lowest BCUT2D eigenvalue weighted by Crippen LogP contribution is -2.19. The van der Waals surface area contributed by atoms with Crippen LogP contribution in [0.5, 0.6) is 0 Å². The van der Waals surface area contributed by atoms with Crippen molar-refractivity contribution in [2.45, 2.75) is 24.6 Å². The molecule has 0 saturated carbocycles. The first-order valence-corrected chi connectivity index (χ1v) is 8.92. The summed E-state index contributed by atoms with van der Waals surface area (Å²) in [5.41, 5.74) is 4.02. The molecule has 0 atom stereocenters. The van der Waals surface area contributed by atoms with E-state index in [1.165, 1.54) is 35.6 Å². The van der Waals surface area contributed by atoms with E-state index in [4.69, 9.17) is 4.74 Å². The number of nitrogens with one attached hydrogen (secondary N) is 1. The first kappa shape index (κ1) is 17.3. The van der Waals surface area contributed by atoms with E-state index in [9.17, 15) is 9.59 Å². The minimum absolute atomic E-state index is 0.0662. The zero-order valence-corrected chi connectivity index (χ0v) is 15.2. The van der Waals surface area contributed by atoms with Crippen LogP contribution in [0, 0.1) is 13.8 Å². The average Bonchev–Trinajstić information content (AvgIpc) is 2.62. The topological polar surface area (TPSA) is 59.2 Å². The fourth-order valence-corrected chi connectivity index (χ4v) is 3.83. The van der Waals surface area contributed by atoms with Gasteiger partial charge in [0, 0.05) is 11.1 Å². The number of fused-ring (bicyclic) bond motifs is 1. The molecule has 4 nitrogen and oxygen atoms in total. The molecule has 1 aromatic heterocycles. The van der Waals surface area contributed by atoms with Gasteiger partial charge in [0.1, 0.15) is 5.56 Å². The predicted octanol–water partition coefficient (Wildman–Crippen LogP) is 4.22. The van der Waals surface area contributed by atoms with Crippen molar-refractivity contribution in [1.29, 1.82) is 0 Å². The molecule has 0 saturated heterocycles. The van der Waals surface area contributed by atoms with Gasteiger partial charge in [-0.15, -0.1) is 11.8 Å². The van der Waals surface area contributed by atoms with Crippen molar-refractivity contribution in [3.05, 3.63) is 74.9 Å². The molecular formula is C20H19NO3S. The van der Waals surface area contributed by atoms with E-state index >= 15 is 0 Å². The average molecular weight is 353 g/mol. The number of aromatic nitrogens is 1. The highest BCUT2D eigenvalue weighted by Crippen LogP contribution is 2.27. The lowest BCUT2D eigenvalue weighted by molar-refractivity contribution is 0.0594. The number of ether oxygens (including phenoxy) is 1. The number of carbonyl (C=O) groups excluding carboxylic acids is 1. The van der Waals surface area contributed by atoms with Crippen LogP contribution in [0.25, 0.3) is 10.9 Å². The fourth-order valence-electron chi connectivity index (χ4n) is 2.71. The van der Waals surface area contributed by atoms with Gasteiger partial charge in [-0.3, -0.25) is 4.79 Å². The maximum absolute atomic E-state index is 12.7. The molecule has 1 N–H and O–H groups in total. The van der Waals surface area contributed by atoms with E-state index < -0.39 is 5.97 Å². The lowest BCUT2D eigenvalue weighted by Gasteiger charge is -2.11. The minimum atomic E-state index is -0.615. The monoisotopic (exact) mass is 353 g/mol. The van der Waals surface area contributed by atoms with E-state index in [0.29, 0.717) is 21.7 Å². The second kappa shape index (κ2) is 7.15. The van der Waals surface area contributed by atoms with Crippen molar-refractivity contribution in [1.82, 2.24) is 4.98 Å². The van der Waals surface area contributed by atoms with Gasteiger partial charge < -0.3 is 9.72 Å². The summed E-state index contributed by atoms with van der Waals surface area (Å²) < 4.78 is 4.83. The highest BCUT2D eigenvalue weighted by atomic mass is 32.2. The van der Waals surface area contributed by atoms with Crippen LogP contribution in [-0.2, 0) is 10.5 Å². The van der Waals surface area contributed by atoms with Crippen LogP contribution < -0.4 is 5.43 Å². The molecule has 2 aromatic carbocycles. The Bertz CT molecular complexity index is 1010. The Labute approximate surface area is 150 Å². The number of carbonyl (C=O) groups is 1. The quantitative estimate of drug-likeness (QED) is 0.563. The molecule has 0 spiro atoms. The summed E-state index contributed by atoms with van der Waals surface area (Å²) in [6, 6.07) is 13.5. The summed E-state index contributed by atoms with van der Waals surface area (Å²) in [5.74, 6) is 0.0432. The van der Waals surface area contributed by atoms with Crippen molar-refractivity contribution < 1.29 is 9.53 Å². The Morgan fingerprint density at radius 3 is 2.68 bits per heavy atom. The summed E-state index contributed by atoms with van der Waals surface area (Å²) in [5, 5.41) is 1.02. The number of benzene rings is 2. The highest BCUT2D eigenvalue weighted by Gasteiger charge is 2.20. The summed E-state index contributed by atoms with van der Waals surface area (Å²) in [6.45, 7) is 4.10. The number of hydrogen-bond acceptors (Lipinski definition) is 4. The molecule has 0 aliphatic heterocycles. The smallest absolute Gasteiger partial charge is 0.344 e. The first-order chi connectivity index (χ1) is 12.0. The van der Waals surface area contributed by atoms with Crippen LogP contribution in [0.4, 0.5) is 0 Å². The SMILES string of the molecule is COC(=O)c1c(SCc2cc(C)ccc2C)[nH]c2ccccc2c1=O. The van der Waals surface area contributed by atoms with E-state index in [1.807, 2.05) is 19.1 Å². The number of hydrogen-bond donors (Lipinski definition) is 1. The number of esters is 1. The largest absolute Gasteiger partial charge is 0.465 e. The van der Waals surface area contributed by atoms with Crippen LogP contribution in [0.2, 0.25) is 0 Å². The van der Waals surface area contributed by atoms with Gasteiger partial charge in [-0.05, 0) is 37.1 Å². The third kappa shape index (κ3) is 3.46. The molecule has 0 aliphatic carbocycles. The maximum Gasteiger partial charge on any atom is 0.344 e. The molecule has 3 aromatic rings. The van der Waals surface area contributed by atoms with E-state index in [0.717, 1.165) is 0 Å². The van der Waals surface area contributed by atoms with Gasteiger partial charge >= 0.3 is 5.97 Å². The molecule has 0 unspecified atom stereocenters. The van der Waals surface area contributed by atoms with Crippen molar-refractivity contribution in [2.24, 2.45) is 0 Å². The first-order valence-electron chi connectivity index (χ1n) is 7.93. The summed E-state index contributed by atoms with van der Waals surface area (Å²) >= 11 is 1.44. The Balaban J connectivity index is 2.06. The molecule has 128 valence electrons. The molecule has 0 bridgehead atoms. The third-order valence-electron chi connectivity index (χ3n) is 4.14. The molecule has 0 aliphatic rings. The molecular weight excluding hydrogens is 334 g/mol. The number of pyridine rings is 1. The van der Waals surface area contributed by atoms with Gasteiger partial charge in [0.15, 0.2) is 0 Å². The Hall–Kier alpha value is -2.53. The van der Waals surface area contributed by atoms with Crippen LogP contribution in [0.3, 0.4) is 0 Å². The van der Waals surface area contributed by atoms with Crippen molar-refractivity contribution in [3.8, 4) is 0 Å². The van der Waals surface area contributed by atoms with E-state index in [1.54, 1.807) is 12.1 Å². The number of aryl methyl sites for hydroxylation is 2. The molecule has 25 heavy (non-hydrogen) atoms. The van der Waals surface area contributed by atoms with Crippen molar-refractivity contribution in [2.75, 3.05) is 7.11 Å². The summed E-state index contributed by atoms with van der Waals surface area (Å²) in [7, 11) is 1.29. The van der Waals surface area contributed by atoms with Crippen LogP contribution in [0.15, 0.2) is 52.3 Å². The standard InChI is InChI=1S/C20H19NO3S/c1-12-8-9-13(2)14(10-12)11-25-19-17(20(23)24-3)18(22)15-6-4-5-7-16(15)21-19/h4-10H,11H2,1-3H3,(H,21,22). The summed E-state index contributed by atoms with van der Waals surface area (Å²) in [4.78, 5) is 28.1. The number of thioether (sulfide) groups is 1. The predicted molar refractivity (Wildman–Crippen MR) is 101 cm³/mol. The normalized spacial score (nSPS) is 10.8. The van der Waals surface area contributed by atoms with Crippen molar-refractivity contribution >= 4 is 28.6 Å². The molecule has 3 rings (SSSR count). The Morgan fingerprint density at radius 2 is 1.92 bits per heavy atom. The van der Waals surface area contributed by atoms with Gasteiger partial charge in [-0.1, -0.05) is 35.9 Å². The van der Waals surface area contributed by atoms with E-state index in [2.05, 4.69) is 30.1 Å². The van der Waals surface area contributed by atoms with Crippen LogP contribution in [0.1, 0.15) is 27.0 Å². The molecule has 0 fully saturated rings. The van der Waals surface area contributed by atoms with Crippen LogP contribution in [-0.4, -0.2) is 18.1 Å². The molecule has 1 heterocycles. The molecule has 0 amide bonds. The van der Waals surface area contributed by atoms with Gasteiger partial charge in [0.25, 0.3) is 0 Å². The fraction of sp³-hybridized carbons (Fsp3) is 0.200. The zero-order valence-electron chi connectivity index (χ0n) is 14.4. The Morgan fingerprint density at radius 1 is 1.16 bits per heavy atom. The Kier molecular flexibility index (Phi) is 4.95. The number of methoxy groups -OCH3 is 1. The number of para-hydroxylation sites is 1.